The van der Waals surface area contributed by atoms with E-state index in [1.807, 2.05) is 15.9 Å². The summed E-state index contributed by atoms with van der Waals surface area (Å²) in [5.41, 5.74) is 2.56. The molecule has 1 aromatic carbocycles. The van der Waals surface area contributed by atoms with Gasteiger partial charge < -0.3 is 9.80 Å². The van der Waals surface area contributed by atoms with E-state index >= 15 is 0 Å². The zero-order chi connectivity index (χ0) is 21.8. The summed E-state index contributed by atoms with van der Waals surface area (Å²) in [5, 5.41) is 0. The summed E-state index contributed by atoms with van der Waals surface area (Å²) in [6.07, 6.45) is 6.46. The smallest absolute Gasteiger partial charge is 3.00 e. The third-order valence-electron chi connectivity index (χ3n) is 5.72. The number of carbonyl (C=O) groups excluding carboxylic acids is 2. The van der Waals surface area contributed by atoms with Gasteiger partial charge in [0.1, 0.15) is 0 Å². The van der Waals surface area contributed by atoms with E-state index in [2.05, 4.69) is 38.2 Å². The number of carbonyl (C=O) groups is 2. The Bertz CT molecular complexity index is 741. The van der Waals surface area contributed by atoms with Crippen molar-refractivity contribution in [1.82, 2.24) is 9.80 Å². The minimum Gasteiger partial charge on any atom is 3.00 e. The fourth-order valence-corrected chi connectivity index (χ4v) is 4.45. The predicted molar refractivity (Wildman–Crippen MR) is 99.5 cm³/mol. The van der Waals surface area contributed by atoms with E-state index in [1.54, 1.807) is 0 Å². The molecule has 0 aromatic heterocycles. The maximum atomic E-state index is 12.8. The largest absolute Gasteiger partial charge is 3.00 e. The molecule has 1 saturated carbocycles. The number of benzene rings is 1. The molecular formula is C22H24CrN2O5+3. The molecule has 1 aromatic rings. The first-order valence-electron chi connectivity index (χ1n) is 9.51. The fourth-order valence-electron chi connectivity index (χ4n) is 4.45. The number of hydrogen-bond donors (Lipinski definition) is 0. The van der Waals surface area contributed by atoms with Crippen molar-refractivity contribution in [2.45, 2.75) is 44.6 Å². The number of amides is 2. The molecule has 30 heavy (non-hydrogen) atoms. The third-order valence-corrected chi connectivity index (χ3v) is 5.72. The summed E-state index contributed by atoms with van der Waals surface area (Å²) in [6, 6.07) is 8.42. The van der Waals surface area contributed by atoms with Crippen LogP contribution in [0, 0.1) is 25.9 Å². The number of nitrogens with zero attached hydrogens (tertiary/aromatic N) is 2. The van der Waals surface area contributed by atoms with Gasteiger partial charge in [-0.15, -0.1) is 0 Å². The molecule has 0 N–H and O–H groups in total. The Kier molecular flexibility index (Phi) is 13.8. The van der Waals surface area contributed by atoms with E-state index in [-0.39, 0.29) is 47.7 Å². The van der Waals surface area contributed by atoms with Crippen molar-refractivity contribution < 1.29 is 40.9 Å². The minimum absolute atomic E-state index is 0. The van der Waals surface area contributed by atoms with Crippen LogP contribution >= 0.6 is 0 Å². The molecule has 0 spiro atoms. The molecular weight excluding hydrogens is 424 g/mol. The van der Waals surface area contributed by atoms with Crippen LogP contribution in [0.15, 0.2) is 24.3 Å². The second-order valence-corrected chi connectivity index (χ2v) is 7.11. The Morgan fingerprint density at radius 1 is 0.967 bits per heavy atom. The Balaban J connectivity index is 0.00000111. The van der Waals surface area contributed by atoms with E-state index in [0.29, 0.717) is 6.54 Å². The monoisotopic (exact) mass is 448 g/mol. The quantitative estimate of drug-likeness (QED) is 0.487. The molecule has 7 nitrogen and oxygen atoms in total. The second-order valence-electron chi connectivity index (χ2n) is 7.11. The van der Waals surface area contributed by atoms with Gasteiger partial charge in [-0.25, -0.2) is 0 Å². The Morgan fingerprint density at radius 2 is 1.57 bits per heavy atom. The van der Waals surface area contributed by atoms with Gasteiger partial charge in [0, 0.05) is 19.0 Å². The van der Waals surface area contributed by atoms with Gasteiger partial charge in [0.05, 0.1) is 12.6 Å². The number of piperazine rings is 1. The van der Waals surface area contributed by atoms with Gasteiger partial charge in [-0.05, 0) is 30.4 Å². The van der Waals surface area contributed by atoms with Crippen LogP contribution < -0.4 is 0 Å². The van der Waals surface area contributed by atoms with Crippen molar-refractivity contribution in [1.29, 1.82) is 0 Å². The fraction of sp³-hybridized carbons (Fsp3) is 0.500. The zero-order valence-corrected chi connectivity index (χ0v) is 17.9. The second kappa shape index (κ2) is 14.8. The van der Waals surface area contributed by atoms with Crippen LogP contribution in [0.4, 0.5) is 0 Å². The van der Waals surface area contributed by atoms with Gasteiger partial charge >= 0.3 is 51.3 Å². The van der Waals surface area contributed by atoms with E-state index < -0.39 is 0 Å². The van der Waals surface area contributed by atoms with Gasteiger partial charge in [-0.2, -0.15) is 0 Å². The van der Waals surface area contributed by atoms with Crippen molar-refractivity contribution in [2.24, 2.45) is 5.92 Å². The van der Waals surface area contributed by atoms with Crippen LogP contribution in [0.3, 0.4) is 0 Å². The van der Waals surface area contributed by atoms with Gasteiger partial charge in [-0.1, -0.05) is 43.5 Å². The van der Waals surface area contributed by atoms with Crippen LogP contribution in [0.2, 0.25) is 0 Å². The normalized spacial score (nSPS) is 19.4. The molecule has 1 saturated heterocycles. The third kappa shape index (κ3) is 6.46. The van der Waals surface area contributed by atoms with E-state index in [4.69, 9.17) is 14.0 Å². The summed E-state index contributed by atoms with van der Waals surface area (Å²) >= 11 is 0. The van der Waals surface area contributed by atoms with Gasteiger partial charge in [0.15, 0.2) is 0 Å². The first-order chi connectivity index (χ1) is 14.2. The predicted octanol–water partition coefficient (Wildman–Crippen LogP) is 2.42. The molecule has 2 fully saturated rings. The zero-order valence-electron chi connectivity index (χ0n) is 16.7. The number of rotatable bonds is 1. The van der Waals surface area contributed by atoms with E-state index in [9.17, 15) is 9.59 Å². The van der Waals surface area contributed by atoms with Gasteiger partial charge in [0.2, 0.25) is 11.8 Å². The standard InChI is InChI=1S/C19H24N2O2.3CO.Cr/c22-18-13-20(19(23)15-7-2-1-3-8-15)12-17-16-9-5-4-6-14(16)10-11-21(17)18;3*1-2;/h4-6,9,15,17H,1-3,7-8,10-13H2;;;;/q;;;;+3/t17-;;;;/m1..../s1. The van der Waals surface area contributed by atoms with E-state index in [0.717, 1.165) is 38.6 Å². The van der Waals surface area contributed by atoms with Crippen molar-refractivity contribution in [3.63, 3.8) is 0 Å². The molecule has 2 aliphatic heterocycles. The first kappa shape index (κ1) is 27.9. The van der Waals surface area contributed by atoms with Crippen molar-refractivity contribution in [2.75, 3.05) is 19.6 Å². The average Bonchev–Trinajstić information content (AvgIpc) is 2.83. The molecule has 4 rings (SSSR count). The SMILES string of the molecule is O=C(C1CCCCC1)N1CC(=O)N2CCc3ccccc3[C@H]2C1.[C-]#[O+].[C-]#[O+].[C-]#[O+].[Cr+3]. The average molecular weight is 448 g/mol. The molecule has 0 unspecified atom stereocenters. The van der Waals surface area contributed by atoms with Crippen molar-refractivity contribution >= 4 is 11.8 Å². The maximum absolute atomic E-state index is 12.8. The van der Waals surface area contributed by atoms with Gasteiger partial charge in [0.25, 0.3) is 0 Å². The molecule has 1 aliphatic carbocycles. The van der Waals surface area contributed by atoms with Crippen LogP contribution in [-0.4, -0.2) is 41.2 Å². The molecule has 0 bridgehead atoms. The Morgan fingerprint density at radius 3 is 2.20 bits per heavy atom. The van der Waals surface area contributed by atoms with Crippen molar-refractivity contribution in [3.05, 3.63) is 55.3 Å². The number of hydrogen-bond acceptors (Lipinski definition) is 2. The summed E-state index contributed by atoms with van der Waals surface area (Å²) in [7, 11) is 0. The molecule has 2 amide bonds. The summed E-state index contributed by atoms with van der Waals surface area (Å²) in [5.74, 6) is 0.461. The van der Waals surface area contributed by atoms with Crippen LogP contribution in [0.25, 0.3) is 0 Å². The van der Waals surface area contributed by atoms with Crippen LogP contribution in [0.5, 0.6) is 0 Å². The molecule has 3 aliphatic rings. The molecule has 155 valence electrons. The minimum atomic E-state index is 0. The molecule has 8 heteroatoms. The Hall–Kier alpha value is -2.09. The maximum Gasteiger partial charge on any atom is 3.00 e. The van der Waals surface area contributed by atoms with Crippen LogP contribution in [-0.2, 0) is 47.3 Å². The summed E-state index contributed by atoms with van der Waals surface area (Å²) < 4.78 is 22.5. The number of fused-ring (bicyclic) bond motifs is 3. The topological polar surface area (TPSA) is 100 Å². The first-order valence-corrected chi connectivity index (χ1v) is 9.51. The Labute approximate surface area is 188 Å². The van der Waals surface area contributed by atoms with Gasteiger partial charge in [-0.3, -0.25) is 9.59 Å². The van der Waals surface area contributed by atoms with Crippen molar-refractivity contribution in [3.8, 4) is 0 Å². The summed E-state index contributed by atoms with van der Waals surface area (Å²) in [6.45, 7) is 15.2. The van der Waals surface area contributed by atoms with E-state index in [1.165, 1.54) is 17.5 Å². The molecule has 1 atom stereocenters. The summed E-state index contributed by atoms with van der Waals surface area (Å²) in [4.78, 5) is 29.2. The molecule has 2 heterocycles. The molecule has 1 radical (unpaired) electrons. The van der Waals surface area contributed by atoms with Crippen LogP contribution in [0.1, 0.15) is 49.3 Å².